The van der Waals surface area contributed by atoms with E-state index >= 15 is 0 Å². The molecule has 2 N–H and O–H groups in total. The van der Waals surface area contributed by atoms with Gasteiger partial charge in [-0.25, -0.2) is 12.7 Å². The highest BCUT2D eigenvalue weighted by Gasteiger charge is 2.25. The molecule has 0 atom stereocenters. The second-order valence-electron chi connectivity index (χ2n) is 3.95. The first-order chi connectivity index (χ1) is 8.82. The minimum atomic E-state index is -3.68. The highest BCUT2D eigenvalue weighted by Crippen LogP contribution is 2.34. The first-order valence-corrected chi connectivity index (χ1v) is 7.70. The van der Waals surface area contributed by atoms with Crippen LogP contribution < -0.4 is 5.73 Å². The molecule has 0 aliphatic heterocycles. The van der Waals surface area contributed by atoms with Gasteiger partial charge in [-0.1, -0.05) is 23.2 Å². The number of rotatable bonds is 6. The van der Waals surface area contributed by atoms with Crippen LogP contribution in [0.4, 0.5) is 5.69 Å². The lowest BCUT2D eigenvalue weighted by Gasteiger charge is -2.18. The molecule has 1 aromatic carbocycles. The molecule has 1 rings (SSSR count). The second kappa shape index (κ2) is 6.76. The Balaban J connectivity index is 3.04. The maximum absolute atomic E-state index is 12.3. The van der Waals surface area contributed by atoms with E-state index in [-0.39, 0.29) is 20.6 Å². The van der Waals surface area contributed by atoms with Crippen molar-refractivity contribution in [3.05, 3.63) is 22.2 Å². The van der Waals surface area contributed by atoms with E-state index in [9.17, 15) is 8.42 Å². The van der Waals surface area contributed by atoms with Gasteiger partial charge < -0.3 is 10.5 Å². The number of ether oxygens (including phenoxy) is 1. The summed E-state index contributed by atoms with van der Waals surface area (Å²) < 4.78 is 30.7. The van der Waals surface area contributed by atoms with Crippen LogP contribution in [-0.2, 0) is 14.8 Å². The highest BCUT2D eigenvalue weighted by molar-refractivity contribution is 7.89. The van der Waals surface area contributed by atoms with E-state index in [1.54, 1.807) is 7.11 Å². The Labute approximate surface area is 123 Å². The van der Waals surface area contributed by atoms with Gasteiger partial charge in [-0.05, 0) is 18.6 Å². The summed E-state index contributed by atoms with van der Waals surface area (Å²) in [6.45, 7) is 0.811. The van der Waals surface area contributed by atoms with E-state index < -0.39 is 10.0 Å². The minimum absolute atomic E-state index is 0.0454. The number of methoxy groups -OCH3 is 1. The van der Waals surface area contributed by atoms with Gasteiger partial charge in [0.15, 0.2) is 0 Å². The Morgan fingerprint density at radius 1 is 1.37 bits per heavy atom. The van der Waals surface area contributed by atoms with Crippen LogP contribution in [0, 0.1) is 0 Å². The van der Waals surface area contributed by atoms with E-state index in [0.29, 0.717) is 19.6 Å². The molecule has 0 unspecified atom stereocenters. The molecule has 0 fully saturated rings. The summed E-state index contributed by atoms with van der Waals surface area (Å²) in [5.41, 5.74) is 5.70. The van der Waals surface area contributed by atoms with E-state index in [2.05, 4.69) is 0 Å². The molecule has 0 saturated carbocycles. The van der Waals surface area contributed by atoms with Crippen LogP contribution in [-0.4, -0.2) is 40.0 Å². The molecule has 108 valence electrons. The smallest absolute Gasteiger partial charge is 0.244 e. The molecule has 19 heavy (non-hydrogen) atoms. The Morgan fingerprint density at radius 3 is 2.58 bits per heavy atom. The number of hydrogen-bond acceptors (Lipinski definition) is 4. The number of anilines is 1. The Hall–Kier alpha value is -0.530. The maximum Gasteiger partial charge on any atom is 0.244 e. The molecule has 0 saturated heterocycles. The number of nitrogens with zero attached hydrogens (tertiary/aromatic N) is 1. The van der Waals surface area contributed by atoms with Crippen molar-refractivity contribution in [2.24, 2.45) is 0 Å². The summed E-state index contributed by atoms with van der Waals surface area (Å²) in [7, 11) is -0.643. The highest BCUT2D eigenvalue weighted by atomic mass is 35.5. The van der Waals surface area contributed by atoms with Crippen molar-refractivity contribution in [2.45, 2.75) is 11.3 Å². The number of benzene rings is 1. The van der Waals surface area contributed by atoms with Crippen LogP contribution in [0.15, 0.2) is 17.0 Å². The summed E-state index contributed by atoms with van der Waals surface area (Å²) in [4.78, 5) is -0.0454. The van der Waals surface area contributed by atoms with Crippen molar-refractivity contribution < 1.29 is 13.2 Å². The third kappa shape index (κ3) is 3.73. The van der Waals surface area contributed by atoms with Crippen LogP contribution in [0.3, 0.4) is 0 Å². The average molecular weight is 327 g/mol. The quantitative estimate of drug-likeness (QED) is 0.642. The molecule has 1 aromatic rings. The Bertz CT molecular complexity index is 549. The van der Waals surface area contributed by atoms with E-state index in [1.165, 1.54) is 23.5 Å². The number of sulfonamides is 1. The van der Waals surface area contributed by atoms with Crippen LogP contribution in [0.2, 0.25) is 10.0 Å². The lowest BCUT2D eigenvalue weighted by molar-refractivity contribution is 0.189. The van der Waals surface area contributed by atoms with Gasteiger partial charge in [0.25, 0.3) is 0 Å². The maximum atomic E-state index is 12.3. The lowest BCUT2D eigenvalue weighted by atomic mass is 10.3. The van der Waals surface area contributed by atoms with E-state index in [4.69, 9.17) is 33.7 Å². The van der Waals surface area contributed by atoms with Crippen LogP contribution in [0.1, 0.15) is 6.42 Å². The molecule has 0 heterocycles. The first kappa shape index (κ1) is 16.5. The lowest BCUT2D eigenvalue weighted by Crippen LogP contribution is -2.29. The largest absolute Gasteiger partial charge is 0.396 e. The van der Waals surface area contributed by atoms with E-state index in [0.717, 1.165) is 0 Å². The monoisotopic (exact) mass is 326 g/mol. The molecule has 0 radical (unpaired) electrons. The van der Waals surface area contributed by atoms with Gasteiger partial charge in [0, 0.05) is 27.3 Å². The molecule has 0 aromatic heterocycles. The molecule has 0 bridgehead atoms. The summed E-state index contributed by atoms with van der Waals surface area (Å²) in [6.07, 6.45) is 0.590. The normalized spacial score (nSPS) is 12.1. The number of hydrogen-bond donors (Lipinski definition) is 1. The van der Waals surface area contributed by atoms with Gasteiger partial charge in [0.05, 0.1) is 15.7 Å². The van der Waals surface area contributed by atoms with Gasteiger partial charge >= 0.3 is 0 Å². The number of nitrogens with two attached hydrogens (primary N) is 1. The average Bonchev–Trinajstić information content (AvgIpc) is 2.35. The fourth-order valence-corrected chi connectivity index (χ4v) is 3.41. The summed E-state index contributed by atoms with van der Waals surface area (Å²) in [6, 6.07) is 2.77. The molecule has 5 nitrogen and oxygen atoms in total. The molecular formula is C11H16Cl2N2O3S. The van der Waals surface area contributed by atoms with Crippen molar-refractivity contribution in [3.63, 3.8) is 0 Å². The van der Waals surface area contributed by atoms with Crippen molar-refractivity contribution in [2.75, 3.05) is 33.0 Å². The molecule has 8 heteroatoms. The van der Waals surface area contributed by atoms with Gasteiger partial charge in [0.1, 0.15) is 4.90 Å². The zero-order chi connectivity index (χ0) is 14.6. The number of halogens is 2. The van der Waals surface area contributed by atoms with Gasteiger partial charge in [-0.2, -0.15) is 0 Å². The third-order valence-electron chi connectivity index (χ3n) is 2.60. The summed E-state index contributed by atoms with van der Waals surface area (Å²) in [5, 5.41) is 0.178. The van der Waals surface area contributed by atoms with Crippen LogP contribution >= 0.6 is 23.2 Å². The van der Waals surface area contributed by atoms with Gasteiger partial charge in [0.2, 0.25) is 10.0 Å². The zero-order valence-electron chi connectivity index (χ0n) is 10.7. The van der Waals surface area contributed by atoms with Gasteiger partial charge in [-0.15, -0.1) is 0 Å². The fraction of sp³-hybridized carbons (Fsp3) is 0.455. The Kier molecular flexibility index (Phi) is 5.88. The van der Waals surface area contributed by atoms with Crippen molar-refractivity contribution in [1.29, 1.82) is 0 Å². The number of nitrogen functional groups attached to an aromatic ring is 1. The summed E-state index contributed by atoms with van der Waals surface area (Å²) in [5.74, 6) is 0. The van der Waals surface area contributed by atoms with Crippen molar-refractivity contribution in [3.8, 4) is 0 Å². The topological polar surface area (TPSA) is 72.6 Å². The molecule has 0 aliphatic carbocycles. The van der Waals surface area contributed by atoms with Crippen molar-refractivity contribution in [1.82, 2.24) is 4.31 Å². The Morgan fingerprint density at radius 2 is 2.00 bits per heavy atom. The third-order valence-corrected chi connectivity index (χ3v) is 5.35. The minimum Gasteiger partial charge on any atom is -0.396 e. The first-order valence-electron chi connectivity index (χ1n) is 5.51. The predicted octanol–water partition coefficient (Wildman–Crippen LogP) is 2.23. The predicted molar refractivity (Wildman–Crippen MR) is 77.2 cm³/mol. The zero-order valence-corrected chi connectivity index (χ0v) is 13.0. The molecular weight excluding hydrogens is 311 g/mol. The van der Waals surface area contributed by atoms with Crippen LogP contribution in [0.5, 0.6) is 0 Å². The summed E-state index contributed by atoms with van der Waals surface area (Å²) >= 11 is 11.7. The second-order valence-corrected chi connectivity index (χ2v) is 6.74. The SMILES string of the molecule is COCCCN(C)S(=O)(=O)c1ccc(Cl)c(N)c1Cl. The van der Waals surface area contributed by atoms with Crippen LogP contribution in [0.25, 0.3) is 0 Å². The van der Waals surface area contributed by atoms with E-state index in [1.807, 2.05) is 0 Å². The standard InChI is InChI=1S/C11H16Cl2N2O3S/c1-15(6-3-7-18-2)19(16,17)9-5-4-8(12)11(14)10(9)13/h4-5H,3,6-7,14H2,1-2H3. The van der Waals surface area contributed by atoms with Crippen molar-refractivity contribution >= 4 is 38.9 Å². The molecule has 0 spiro atoms. The molecule has 0 amide bonds. The van der Waals surface area contributed by atoms with Gasteiger partial charge in [-0.3, -0.25) is 0 Å². The fourth-order valence-electron chi connectivity index (χ4n) is 1.47. The molecule has 0 aliphatic rings.